The molecule has 1 aromatic carbocycles. The van der Waals surface area contributed by atoms with Crippen LogP contribution in [0.2, 0.25) is 0 Å². The number of pyridine rings is 1. The summed E-state index contributed by atoms with van der Waals surface area (Å²) in [5, 5.41) is 0. The second-order valence-electron chi connectivity index (χ2n) is 8.01. The number of rotatable bonds is 5. The zero-order valence-electron chi connectivity index (χ0n) is 17.2. The molecule has 30 heavy (non-hydrogen) atoms. The second-order valence-corrected chi connectivity index (χ2v) is 8.01. The normalized spacial score (nSPS) is 19.8. The number of carbonyl (C=O) groups is 1. The minimum absolute atomic E-state index is 0.0274. The van der Waals surface area contributed by atoms with Crippen molar-refractivity contribution >= 4 is 5.91 Å². The number of amides is 1. The summed E-state index contributed by atoms with van der Waals surface area (Å²) in [4.78, 5) is 27.8. The Morgan fingerprint density at radius 3 is 2.67 bits per heavy atom. The first-order valence-electron chi connectivity index (χ1n) is 10.5. The number of aryl methyl sites for hydroxylation is 1. The molecule has 1 atom stereocenters. The highest BCUT2D eigenvalue weighted by Crippen LogP contribution is 2.23. The summed E-state index contributed by atoms with van der Waals surface area (Å²) in [5.41, 5.74) is 0.641. The number of piperidine rings is 1. The van der Waals surface area contributed by atoms with Gasteiger partial charge in [-0.05, 0) is 43.5 Å². The van der Waals surface area contributed by atoms with E-state index >= 15 is 0 Å². The molecule has 1 unspecified atom stereocenters. The van der Waals surface area contributed by atoms with Crippen molar-refractivity contribution in [2.75, 3.05) is 19.7 Å². The SMILES string of the molecule is Cc1ccn(CC2CCCO2)c(=O)c1C(=O)N1CCC(Oc2ccccc2F)CC1. The molecule has 0 saturated carbocycles. The molecule has 2 fully saturated rings. The summed E-state index contributed by atoms with van der Waals surface area (Å²) in [7, 11) is 0. The first kappa shape index (κ1) is 20.6. The average Bonchev–Trinajstić information content (AvgIpc) is 3.26. The number of halogens is 1. The number of aromatic nitrogens is 1. The molecule has 7 heteroatoms. The third-order valence-corrected chi connectivity index (χ3v) is 5.87. The maximum atomic E-state index is 13.8. The molecule has 160 valence electrons. The van der Waals surface area contributed by atoms with Gasteiger partial charge in [-0.25, -0.2) is 4.39 Å². The fourth-order valence-corrected chi connectivity index (χ4v) is 4.13. The Kier molecular flexibility index (Phi) is 6.18. The first-order chi connectivity index (χ1) is 14.5. The molecule has 2 saturated heterocycles. The predicted octanol–water partition coefficient (Wildman–Crippen LogP) is 3.16. The van der Waals surface area contributed by atoms with Crippen LogP contribution in [-0.2, 0) is 11.3 Å². The van der Waals surface area contributed by atoms with Gasteiger partial charge in [0.2, 0.25) is 0 Å². The van der Waals surface area contributed by atoms with Crippen LogP contribution < -0.4 is 10.3 Å². The van der Waals surface area contributed by atoms with Crippen LogP contribution in [-0.4, -0.2) is 47.3 Å². The fourth-order valence-electron chi connectivity index (χ4n) is 4.13. The van der Waals surface area contributed by atoms with Crippen molar-refractivity contribution in [3.05, 3.63) is 63.8 Å². The largest absolute Gasteiger partial charge is 0.487 e. The summed E-state index contributed by atoms with van der Waals surface area (Å²) in [6, 6.07) is 8.15. The van der Waals surface area contributed by atoms with E-state index in [1.54, 1.807) is 40.8 Å². The van der Waals surface area contributed by atoms with Gasteiger partial charge >= 0.3 is 0 Å². The van der Waals surface area contributed by atoms with Gasteiger partial charge in [0, 0.05) is 38.7 Å². The second kappa shape index (κ2) is 9.00. The minimum Gasteiger partial charge on any atom is -0.487 e. The molecule has 1 amide bonds. The Morgan fingerprint density at radius 1 is 1.20 bits per heavy atom. The zero-order valence-corrected chi connectivity index (χ0v) is 17.2. The van der Waals surface area contributed by atoms with E-state index in [4.69, 9.17) is 9.47 Å². The molecule has 3 heterocycles. The number of benzene rings is 1. The molecule has 0 aliphatic carbocycles. The van der Waals surface area contributed by atoms with Crippen molar-refractivity contribution in [3.8, 4) is 5.75 Å². The lowest BCUT2D eigenvalue weighted by atomic mass is 10.0. The molecule has 1 aromatic heterocycles. The summed E-state index contributed by atoms with van der Waals surface area (Å²) >= 11 is 0. The van der Waals surface area contributed by atoms with Crippen molar-refractivity contribution in [2.24, 2.45) is 0 Å². The topological polar surface area (TPSA) is 60.8 Å². The van der Waals surface area contributed by atoms with Gasteiger partial charge in [-0.3, -0.25) is 9.59 Å². The lowest BCUT2D eigenvalue weighted by Gasteiger charge is -2.32. The van der Waals surface area contributed by atoms with Crippen molar-refractivity contribution in [2.45, 2.75) is 51.4 Å². The molecule has 0 N–H and O–H groups in total. The Bertz CT molecular complexity index is 960. The number of ether oxygens (including phenoxy) is 2. The maximum Gasteiger partial charge on any atom is 0.263 e. The number of para-hydroxylation sites is 1. The van der Waals surface area contributed by atoms with Gasteiger partial charge in [0.1, 0.15) is 11.7 Å². The van der Waals surface area contributed by atoms with Gasteiger partial charge in [0.05, 0.1) is 12.6 Å². The maximum absolute atomic E-state index is 13.8. The highest BCUT2D eigenvalue weighted by molar-refractivity contribution is 5.95. The van der Waals surface area contributed by atoms with Gasteiger partial charge in [-0.1, -0.05) is 12.1 Å². The summed E-state index contributed by atoms with van der Waals surface area (Å²) in [6.07, 6.45) is 4.73. The van der Waals surface area contributed by atoms with E-state index in [0.29, 0.717) is 38.0 Å². The van der Waals surface area contributed by atoms with Gasteiger partial charge in [-0.15, -0.1) is 0 Å². The number of likely N-dealkylation sites (tertiary alicyclic amines) is 1. The molecular weight excluding hydrogens is 387 g/mol. The average molecular weight is 414 g/mol. The predicted molar refractivity (Wildman–Crippen MR) is 110 cm³/mol. The smallest absolute Gasteiger partial charge is 0.263 e. The van der Waals surface area contributed by atoms with Crippen LogP contribution in [0.5, 0.6) is 5.75 Å². The molecule has 6 nitrogen and oxygen atoms in total. The zero-order chi connectivity index (χ0) is 21.1. The van der Waals surface area contributed by atoms with E-state index in [1.165, 1.54) is 6.07 Å². The third kappa shape index (κ3) is 4.41. The lowest BCUT2D eigenvalue weighted by Crippen LogP contribution is -2.44. The fraction of sp³-hybridized carbons (Fsp3) is 0.478. The summed E-state index contributed by atoms with van der Waals surface area (Å²) < 4.78 is 26.8. The van der Waals surface area contributed by atoms with Crippen LogP contribution in [0.25, 0.3) is 0 Å². The summed E-state index contributed by atoms with van der Waals surface area (Å²) in [5.74, 6) is -0.399. The van der Waals surface area contributed by atoms with Crippen molar-refractivity contribution in [1.82, 2.24) is 9.47 Å². The van der Waals surface area contributed by atoms with E-state index in [0.717, 1.165) is 19.4 Å². The van der Waals surface area contributed by atoms with Gasteiger partial charge in [0.15, 0.2) is 11.6 Å². The van der Waals surface area contributed by atoms with E-state index in [9.17, 15) is 14.0 Å². The molecule has 0 radical (unpaired) electrons. The molecule has 2 aromatic rings. The number of hydrogen-bond acceptors (Lipinski definition) is 4. The Labute approximate surface area is 175 Å². The van der Waals surface area contributed by atoms with Gasteiger partial charge in [0.25, 0.3) is 11.5 Å². The van der Waals surface area contributed by atoms with Crippen LogP contribution in [0.3, 0.4) is 0 Å². The Morgan fingerprint density at radius 2 is 1.97 bits per heavy atom. The van der Waals surface area contributed by atoms with Gasteiger partial charge < -0.3 is 18.9 Å². The standard InChI is InChI=1S/C23H27FN2O4/c1-16-8-11-26(15-18-5-4-14-29-18)23(28)21(16)22(27)25-12-9-17(10-13-25)30-20-7-3-2-6-19(20)24/h2-3,6-8,11,17-18H,4-5,9-10,12-15H2,1H3. The van der Waals surface area contributed by atoms with Crippen LogP contribution in [0.1, 0.15) is 41.6 Å². The number of carbonyl (C=O) groups excluding carboxylic acids is 1. The highest BCUT2D eigenvalue weighted by Gasteiger charge is 2.28. The van der Waals surface area contributed by atoms with Gasteiger partial charge in [-0.2, -0.15) is 0 Å². The number of hydrogen-bond donors (Lipinski definition) is 0. The quantitative estimate of drug-likeness (QED) is 0.754. The van der Waals surface area contributed by atoms with E-state index in [1.807, 2.05) is 6.07 Å². The monoisotopic (exact) mass is 414 g/mol. The molecule has 0 spiro atoms. The molecule has 4 rings (SSSR count). The molecule has 2 aliphatic heterocycles. The summed E-state index contributed by atoms with van der Waals surface area (Å²) in [6.45, 7) is 3.92. The van der Waals surface area contributed by atoms with E-state index in [2.05, 4.69) is 0 Å². The number of nitrogens with zero attached hydrogens (tertiary/aromatic N) is 2. The van der Waals surface area contributed by atoms with Crippen molar-refractivity contribution in [1.29, 1.82) is 0 Å². The van der Waals surface area contributed by atoms with Crippen LogP contribution in [0.4, 0.5) is 4.39 Å². The molecule has 0 bridgehead atoms. The van der Waals surface area contributed by atoms with E-state index < -0.39 is 0 Å². The van der Waals surface area contributed by atoms with Crippen LogP contribution in [0, 0.1) is 12.7 Å². The molecular formula is C23H27FN2O4. The van der Waals surface area contributed by atoms with E-state index in [-0.39, 0.29) is 40.8 Å². The van der Waals surface area contributed by atoms with Crippen LogP contribution in [0.15, 0.2) is 41.3 Å². The third-order valence-electron chi connectivity index (χ3n) is 5.87. The van der Waals surface area contributed by atoms with Crippen molar-refractivity contribution in [3.63, 3.8) is 0 Å². The lowest BCUT2D eigenvalue weighted by molar-refractivity contribution is 0.0584. The molecule has 2 aliphatic rings. The highest BCUT2D eigenvalue weighted by atomic mass is 19.1. The minimum atomic E-state index is -0.386. The van der Waals surface area contributed by atoms with Crippen LogP contribution >= 0.6 is 0 Å². The Balaban J connectivity index is 1.42. The Hall–Kier alpha value is -2.67. The first-order valence-corrected chi connectivity index (χ1v) is 10.5. The van der Waals surface area contributed by atoms with Crippen molar-refractivity contribution < 1.29 is 18.7 Å².